The van der Waals surface area contributed by atoms with Crippen LogP contribution in [0.1, 0.15) is 55.3 Å². The summed E-state index contributed by atoms with van der Waals surface area (Å²) in [7, 11) is 1.33. The highest BCUT2D eigenvalue weighted by Crippen LogP contribution is 2.26. The van der Waals surface area contributed by atoms with Crippen LogP contribution in [0.2, 0.25) is 0 Å². The zero-order valence-corrected chi connectivity index (χ0v) is 12.2. The number of nitrogens with one attached hydrogen (secondary N) is 1. The normalized spacial score (nSPS) is 21.7. The van der Waals surface area contributed by atoms with Gasteiger partial charge in [-0.15, -0.1) is 5.10 Å². The Labute approximate surface area is 118 Å². The molecule has 20 heavy (non-hydrogen) atoms. The molecule has 0 spiro atoms. The van der Waals surface area contributed by atoms with Gasteiger partial charge < -0.3 is 15.2 Å². The number of hydrogen-bond acceptors (Lipinski definition) is 6. The second-order valence-corrected chi connectivity index (χ2v) is 5.47. The van der Waals surface area contributed by atoms with Crippen molar-refractivity contribution in [3.63, 3.8) is 0 Å². The first-order valence-electron chi connectivity index (χ1n) is 6.96. The zero-order valence-electron chi connectivity index (χ0n) is 12.2. The number of nitrogens with zero attached hydrogens (tertiary/aromatic N) is 3. The van der Waals surface area contributed by atoms with E-state index in [1.807, 2.05) is 6.92 Å². The lowest BCUT2D eigenvalue weighted by Gasteiger charge is -2.23. The summed E-state index contributed by atoms with van der Waals surface area (Å²) in [6.07, 6.45) is 2.56. The van der Waals surface area contributed by atoms with Crippen LogP contribution in [0, 0.1) is 0 Å². The first-order chi connectivity index (χ1) is 9.48. The molecule has 2 heterocycles. The van der Waals surface area contributed by atoms with Crippen LogP contribution in [-0.4, -0.2) is 45.3 Å². The van der Waals surface area contributed by atoms with E-state index in [-0.39, 0.29) is 11.7 Å². The van der Waals surface area contributed by atoms with Crippen molar-refractivity contribution >= 4 is 5.97 Å². The minimum absolute atomic E-state index is 0.0340. The Morgan fingerprint density at radius 3 is 2.95 bits per heavy atom. The Kier molecular flexibility index (Phi) is 4.39. The van der Waals surface area contributed by atoms with Crippen LogP contribution in [0.5, 0.6) is 0 Å². The maximum atomic E-state index is 11.8. The predicted octanol–water partition coefficient (Wildman–Crippen LogP) is 0.650. The van der Waals surface area contributed by atoms with Gasteiger partial charge in [-0.25, -0.2) is 9.48 Å². The molecule has 0 aliphatic carbocycles. The molecule has 1 aliphatic rings. The Hall–Kier alpha value is -1.47. The van der Waals surface area contributed by atoms with Crippen molar-refractivity contribution in [1.82, 2.24) is 20.3 Å². The molecule has 1 aromatic heterocycles. The van der Waals surface area contributed by atoms with Gasteiger partial charge >= 0.3 is 5.97 Å². The number of rotatable bonds is 5. The van der Waals surface area contributed by atoms with Crippen LogP contribution in [0.25, 0.3) is 0 Å². The van der Waals surface area contributed by atoms with Gasteiger partial charge in [0, 0.05) is 0 Å². The highest BCUT2D eigenvalue weighted by Gasteiger charge is 2.31. The zero-order chi connectivity index (χ0) is 14.8. The van der Waals surface area contributed by atoms with Gasteiger partial charge in [-0.1, -0.05) is 12.1 Å². The fourth-order valence-corrected chi connectivity index (χ4v) is 2.38. The van der Waals surface area contributed by atoms with Gasteiger partial charge in [0.1, 0.15) is 0 Å². The molecule has 1 saturated heterocycles. The quantitative estimate of drug-likeness (QED) is 0.771. The number of esters is 1. The van der Waals surface area contributed by atoms with Crippen molar-refractivity contribution < 1.29 is 14.6 Å². The molecular weight excluding hydrogens is 260 g/mol. The number of hydrogen-bond donors (Lipinski definition) is 2. The maximum absolute atomic E-state index is 11.8. The van der Waals surface area contributed by atoms with E-state index in [0.29, 0.717) is 18.7 Å². The molecule has 2 atom stereocenters. The van der Waals surface area contributed by atoms with Crippen molar-refractivity contribution in [2.45, 2.75) is 51.3 Å². The summed E-state index contributed by atoms with van der Waals surface area (Å²) in [5.74, 6) is -0.490. The molecular formula is C13H22N4O3. The summed E-state index contributed by atoms with van der Waals surface area (Å²) < 4.78 is 6.38. The predicted molar refractivity (Wildman–Crippen MR) is 72.3 cm³/mol. The molecule has 7 heteroatoms. The van der Waals surface area contributed by atoms with E-state index in [1.165, 1.54) is 7.11 Å². The fourth-order valence-electron chi connectivity index (χ4n) is 2.38. The van der Waals surface area contributed by atoms with Crippen LogP contribution in [0.15, 0.2) is 0 Å². The van der Waals surface area contributed by atoms with Gasteiger partial charge in [-0.2, -0.15) is 0 Å². The number of carbonyl (C=O) groups excluding carboxylic acids is 1. The number of aromatic nitrogens is 3. The molecule has 0 bridgehead atoms. The monoisotopic (exact) mass is 282 g/mol. The molecule has 7 nitrogen and oxygen atoms in total. The van der Waals surface area contributed by atoms with E-state index in [0.717, 1.165) is 19.4 Å². The van der Waals surface area contributed by atoms with Gasteiger partial charge in [0.25, 0.3) is 0 Å². The minimum Gasteiger partial charge on any atom is -0.464 e. The largest absolute Gasteiger partial charge is 0.464 e. The summed E-state index contributed by atoms with van der Waals surface area (Å²) in [5.41, 5.74) is 0.0657. The SMILES string of the molecule is CCC(C)(O)Cn1nnc(C(=O)OC)c1C1CCCN1. The molecule has 0 saturated carbocycles. The molecule has 1 aromatic rings. The summed E-state index contributed by atoms with van der Waals surface area (Å²) in [5, 5.41) is 21.5. The molecule has 1 aliphatic heterocycles. The molecule has 0 aromatic carbocycles. The molecule has 2 N–H and O–H groups in total. The molecule has 0 radical (unpaired) electrons. The molecule has 0 amide bonds. The highest BCUT2D eigenvalue weighted by molar-refractivity contribution is 5.88. The van der Waals surface area contributed by atoms with E-state index in [9.17, 15) is 9.90 Å². The van der Waals surface area contributed by atoms with Gasteiger partial charge in [-0.3, -0.25) is 0 Å². The van der Waals surface area contributed by atoms with E-state index in [2.05, 4.69) is 15.6 Å². The van der Waals surface area contributed by atoms with E-state index >= 15 is 0 Å². The average molecular weight is 282 g/mol. The van der Waals surface area contributed by atoms with Crippen LogP contribution in [-0.2, 0) is 11.3 Å². The Bertz CT molecular complexity index is 478. The second-order valence-electron chi connectivity index (χ2n) is 5.47. The van der Waals surface area contributed by atoms with E-state index in [1.54, 1.807) is 11.6 Å². The first-order valence-corrected chi connectivity index (χ1v) is 6.96. The lowest BCUT2D eigenvalue weighted by molar-refractivity contribution is 0.0326. The summed E-state index contributed by atoms with van der Waals surface area (Å²) in [6, 6.07) is 0.0340. The number of methoxy groups -OCH3 is 1. The van der Waals surface area contributed by atoms with Crippen molar-refractivity contribution in [2.75, 3.05) is 13.7 Å². The van der Waals surface area contributed by atoms with Crippen LogP contribution < -0.4 is 5.32 Å². The van der Waals surface area contributed by atoms with E-state index in [4.69, 9.17) is 4.74 Å². The standard InChI is InChI=1S/C13H22N4O3/c1-4-13(2,19)8-17-11(9-6-5-7-14-9)10(15-16-17)12(18)20-3/h9,14,19H,4-8H2,1-3H3. The van der Waals surface area contributed by atoms with Crippen LogP contribution in [0.4, 0.5) is 0 Å². The third kappa shape index (κ3) is 2.99. The smallest absolute Gasteiger partial charge is 0.360 e. The summed E-state index contributed by atoms with van der Waals surface area (Å²) in [6.45, 7) is 4.87. The molecule has 2 rings (SSSR count). The third-order valence-electron chi connectivity index (χ3n) is 3.79. The molecule has 2 unspecified atom stereocenters. The van der Waals surface area contributed by atoms with Crippen molar-refractivity contribution in [2.24, 2.45) is 0 Å². The average Bonchev–Trinajstić information content (AvgIpc) is 3.06. The van der Waals surface area contributed by atoms with Crippen molar-refractivity contribution in [3.05, 3.63) is 11.4 Å². The molecule has 112 valence electrons. The van der Waals surface area contributed by atoms with Crippen LogP contribution in [0.3, 0.4) is 0 Å². The maximum Gasteiger partial charge on any atom is 0.360 e. The Morgan fingerprint density at radius 2 is 2.40 bits per heavy atom. The Morgan fingerprint density at radius 1 is 1.65 bits per heavy atom. The fraction of sp³-hybridized carbons (Fsp3) is 0.769. The first kappa shape index (κ1) is 14.9. The van der Waals surface area contributed by atoms with Crippen LogP contribution >= 0.6 is 0 Å². The van der Waals surface area contributed by atoms with Gasteiger partial charge in [0.05, 0.1) is 31.0 Å². The van der Waals surface area contributed by atoms with Gasteiger partial charge in [0.2, 0.25) is 0 Å². The molecule has 1 fully saturated rings. The van der Waals surface area contributed by atoms with Crippen molar-refractivity contribution in [1.29, 1.82) is 0 Å². The second kappa shape index (κ2) is 5.88. The lowest BCUT2D eigenvalue weighted by Crippen LogP contribution is -2.32. The number of carbonyl (C=O) groups is 1. The van der Waals surface area contributed by atoms with E-state index < -0.39 is 11.6 Å². The topological polar surface area (TPSA) is 89.3 Å². The van der Waals surface area contributed by atoms with Crippen molar-refractivity contribution in [3.8, 4) is 0 Å². The number of ether oxygens (including phenoxy) is 1. The van der Waals surface area contributed by atoms with Gasteiger partial charge in [-0.05, 0) is 32.7 Å². The Balaban J connectivity index is 2.36. The van der Waals surface area contributed by atoms with Gasteiger partial charge in [0.15, 0.2) is 5.69 Å². The summed E-state index contributed by atoms with van der Waals surface area (Å²) >= 11 is 0. The minimum atomic E-state index is -0.881. The number of aliphatic hydroxyl groups is 1. The lowest BCUT2D eigenvalue weighted by atomic mass is 10.0. The third-order valence-corrected chi connectivity index (χ3v) is 3.79. The summed E-state index contributed by atoms with van der Waals surface area (Å²) in [4.78, 5) is 11.8. The highest BCUT2D eigenvalue weighted by atomic mass is 16.5.